The van der Waals surface area contributed by atoms with Crippen molar-refractivity contribution in [1.29, 1.82) is 0 Å². The van der Waals surface area contributed by atoms with Gasteiger partial charge in [0, 0.05) is 19.3 Å². The number of nitrogens with one attached hydrogen (secondary N) is 1. The lowest BCUT2D eigenvalue weighted by atomic mass is 10.4. The van der Waals surface area contributed by atoms with Gasteiger partial charge in [-0.15, -0.1) is 0 Å². The molecule has 15 heavy (non-hydrogen) atoms. The summed E-state index contributed by atoms with van der Waals surface area (Å²) in [4.78, 5) is 3.87. The molecule has 0 aromatic carbocycles. The zero-order chi connectivity index (χ0) is 10.9. The standard InChI is InChI=1S/C11H17FN2O/c1-2-3-8-15-9-7-14-11-10(12)5-4-6-13-11/h4-6H,2-3,7-9H2,1H3,(H,13,14). The quantitative estimate of drug-likeness (QED) is 0.705. The molecule has 0 saturated heterocycles. The van der Waals surface area contributed by atoms with E-state index in [1.165, 1.54) is 6.07 Å². The summed E-state index contributed by atoms with van der Waals surface area (Å²) in [5.41, 5.74) is 0. The molecule has 1 N–H and O–H groups in total. The van der Waals surface area contributed by atoms with Crippen molar-refractivity contribution in [3.8, 4) is 0 Å². The molecule has 0 aliphatic carbocycles. The lowest BCUT2D eigenvalue weighted by Gasteiger charge is -2.06. The Morgan fingerprint density at radius 3 is 3.07 bits per heavy atom. The van der Waals surface area contributed by atoms with Gasteiger partial charge in [0.25, 0.3) is 0 Å². The zero-order valence-corrected chi connectivity index (χ0v) is 9.00. The number of aromatic nitrogens is 1. The van der Waals surface area contributed by atoms with Gasteiger partial charge in [0.05, 0.1) is 6.61 Å². The Balaban J connectivity index is 2.12. The highest BCUT2D eigenvalue weighted by atomic mass is 19.1. The zero-order valence-electron chi connectivity index (χ0n) is 9.00. The molecular formula is C11H17FN2O. The number of hydrogen-bond donors (Lipinski definition) is 1. The minimum absolute atomic E-state index is 0.289. The van der Waals surface area contributed by atoms with E-state index in [0.29, 0.717) is 13.2 Å². The van der Waals surface area contributed by atoms with Crippen LogP contribution >= 0.6 is 0 Å². The summed E-state index contributed by atoms with van der Waals surface area (Å²) in [5.74, 6) is -0.0392. The van der Waals surface area contributed by atoms with Gasteiger partial charge in [-0.1, -0.05) is 13.3 Å². The van der Waals surface area contributed by atoms with Crippen LogP contribution in [0.25, 0.3) is 0 Å². The van der Waals surface area contributed by atoms with Crippen LogP contribution in [0.3, 0.4) is 0 Å². The Hall–Kier alpha value is -1.16. The van der Waals surface area contributed by atoms with Crippen molar-refractivity contribution in [3.63, 3.8) is 0 Å². The number of ether oxygens (including phenoxy) is 1. The maximum atomic E-state index is 13.1. The molecule has 0 bridgehead atoms. The molecule has 0 spiro atoms. The summed E-state index contributed by atoms with van der Waals surface area (Å²) in [6.07, 6.45) is 3.75. The molecule has 0 amide bonds. The summed E-state index contributed by atoms with van der Waals surface area (Å²) in [5, 5.41) is 2.88. The molecule has 0 unspecified atom stereocenters. The molecule has 0 aliphatic rings. The fourth-order valence-electron chi connectivity index (χ4n) is 1.11. The van der Waals surface area contributed by atoms with E-state index in [1.54, 1.807) is 12.3 Å². The molecule has 1 heterocycles. The van der Waals surface area contributed by atoms with Crippen LogP contribution < -0.4 is 5.32 Å². The molecule has 0 saturated carbocycles. The average molecular weight is 212 g/mol. The Kier molecular flexibility index (Phi) is 5.70. The van der Waals surface area contributed by atoms with Gasteiger partial charge < -0.3 is 10.1 Å². The first-order valence-corrected chi connectivity index (χ1v) is 5.26. The van der Waals surface area contributed by atoms with Crippen LogP contribution in [-0.4, -0.2) is 24.7 Å². The van der Waals surface area contributed by atoms with E-state index in [2.05, 4.69) is 17.2 Å². The van der Waals surface area contributed by atoms with Crippen LogP contribution in [0.2, 0.25) is 0 Å². The van der Waals surface area contributed by atoms with Crippen LogP contribution in [0.5, 0.6) is 0 Å². The van der Waals surface area contributed by atoms with E-state index >= 15 is 0 Å². The topological polar surface area (TPSA) is 34.1 Å². The van der Waals surface area contributed by atoms with E-state index in [9.17, 15) is 4.39 Å². The van der Waals surface area contributed by atoms with Crippen LogP contribution in [0.15, 0.2) is 18.3 Å². The number of anilines is 1. The van der Waals surface area contributed by atoms with E-state index in [0.717, 1.165) is 19.4 Å². The summed E-state index contributed by atoms with van der Waals surface area (Å²) >= 11 is 0. The van der Waals surface area contributed by atoms with Crippen LogP contribution in [0, 0.1) is 5.82 Å². The predicted molar refractivity (Wildman–Crippen MR) is 58.4 cm³/mol. The Bertz CT molecular complexity index is 281. The molecular weight excluding hydrogens is 195 g/mol. The molecule has 0 fully saturated rings. The van der Waals surface area contributed by atoms with Crippen molar-refractivity contribution in [2.24, 2.45) is 0 Å². The Morgan fingerprint density at radius 1 is 1.47 bits per heavy atom. The van der Waals surface area contributed by atoms with Gasteiger partial charge in [0.15, 0.2) is 11.6 Å². The third kappa shape index (κ3) is 4.74. The SMILES string of the molecule is CCCCOCCNc1ncccc1F. The highest BCUT2D eigenvalue weighted by molar-refractivity contribution is 5.35. The van der Waals surface area contributed by atoms with Gasteiger partial charge in [-0.05, 0) is 18.6 Å². The van der Waals surface area contributed by atoms with Crippen molar-refractivity contribution >= 4 is 5.82 Å². The first-order chi connectivity index (χ1) is 7.34. The van der Waals surface area contributed by atoms with Gasteiger partial charge in [0.2, 0.25) is 0 Å². The monoisotopic (exact) mass is 212 g/mol. The highest BCUT2D eigenvalue weighted by Crippen LogP contribution is 2.07. The van der Waals surface area contributed by atoms with Gasteiger partial charge in [-0.25, -0.2) is 9.37 Å². The van der Waals surface area contributed by atoms with E-state index in [-0.39, 0.29) is 11.6 Å². The predicted octanol–water partition coefficient (Wildman–Crippen LogP) is 2.45. The summed E-state index contributed by atoms with van der Waals surface area (Å²) in [6, 6.07) is 2.95. The second-order valence-corrected chi connectivity index (χ2v) is 3.23. The average Bonchev–Trinajstić information content (AvgIpc) is 2.25. The Morgan fingerprint density at radius 2 is 2.33 bits per heavy atom. The third-order valence-electron chi connectivity index (χ3n) is 1.94. The van der Waals surface area contributed by atoms with Crippen LogP contribution in [0.4, 0.5) is 10.2 Å². The number of rotatable bonds is 7. The largest absolute Gasteiger partial charge is 0.380 e. The smallest absolute Gasteiger partial charge is 0.165 e. The van der Waals surface area contributed by atoms with Gasteiger partial charge in [-0.3, -0.25) is 0 Å². The molecule has 4 heteroatoms. The second kappa shape index (κ2) is 7.17. The Labute approximate surface area is 89.7 Å². The summed E-state index contributed by atoms with van der Waals surface area (Å²) in [6.45, 7) is 4.04. The number of pyridine rings is 1. The number of hydrogen-bond acceptors (Lipinski definition) is 3. The molecule has 1 aromatic heterocycles. The third-order valence-corrected chi connectivity index (χ3v) is 1.94. The van der Waals surface area contributed by atoms with E-state index in [4.69, 9.17) is 4.74 Å². The van der Waals surface area contributed by atoms with Crippen molar-refractivity contribution in [3.05, 3.63) is 24.1 Å². The molecule has 3 nitrogen and oxygen atoms in total. The van der Waals surface area contributed by atoms with Crippen molar-refractivity contribution in [1.82, 2.24) is 4.98 Å². The second-order valence-electron chi connectivity index (χ2n) is 3.23. The lowest BCUT2D eigenvalue weighted by molar-refractivity contribution is 0.141. The van der Waals surface area contributed by atoms with Crippen molar-refractivity contribution in [2.45, 2.75) is 19.8 Å². The number of unbranched alkanes of at least 4 members (excludes halogenated alkanes) is 1. The molecule has 0 aliphatic heterocycles. The number of nitrogens with zero attached hydrogens (tertiary/aromatic N) is 1. The lowest BCUT2D eigenvalue weighted by Crippen LogP contribution is -2.11. The van der Waals surface area contributed by atoms with Crippen molar-refractivity contribution in [2.75, 3.05) is 25.1 Å². The molecule has 0 radical (unpaired) electrons. The first kappa shape index (κ1) is 11.9. The molecule has 0 atom stereocenters. The van der Waals surface area contributed by atoms with E-state index in [1.807, 2.05) is 0 Å². The number of halogens is 1. The molecule has 1 aromatic rings. The van der Waals surface area contributed by atoms with Crippen LogP contribution in [0.1, 0.15) is 19.8 Å². The normalized spacial score (nSPS) is 10.3. The van der Waals surface area contributed by atoms with Gasteiger partial charge in [-0.2, -0.15) is 0 Å². The maximum absolute atomic E-state index is 13.1. The minimum Gasteiger partial charge on any atom is -0.380 e. The van der Waals surface area contributed by atoms with Crippen LogP contribution in [-0.2, 0) is 4.74 Å². The maximum Gasteiger partial charge on any atom is 0.165 e. The van der Waals surface area contributed by atoms with Crippen molar-refractivity contribution < 1.29 is 9.13 Å². The first-order valence-electron chi connectivity index (χ1n) is 5.26. The molecule has 84 valence electrons. The molecule has 1 rings (SSSR count). The van der Waals surface area contributed by atoms with Gasteiger partial charge in [0.1, 0.15) is 0 Å². The van der Waals surface area contributed by atoms with Gasteiger partial charge >= 0.3 is 0 Å². The summed E-state index contributed by atoms with van der Waals surface area (Å²) in [7, 11) is 0. The highest BCUT2D eigenvalue weighted by Gasteiger charge is 1.99. The van der Waals surface area contributed by atoms with E-state index < -0.39 is 0 Å². The fraction of sp³-hybridized carbons (Fsp3) is 0.545. The minimum atomic E-state index is -0.328. The fourth-order valence-corrected chi connectivity index (χ4v) is 1.11. The summed E-state index contributed by atoms with van der Waals surface area (Å²) < 4.78 is 18.4.